The molecule has 1 heterocycles. The Morgan fingerprint density at radius 1 is 1.05 bits per heavy atom. The third-order valence-corrected chi connectivity index (χ3v) is 3.75. The fraction of sp³-hybridized carbons (Fsp3) is 0.222. The van der Waals surface area contributed by atoms with E-state index in [1.165, 1.54) is 5.56 Å². The summed E-state index contributed by atoms with van der Waals surface area (Å²) in [4.78, 5) is 0. The van der Waals surface area contributed by atoms with Crippen LogP contribution >= 0.6 is 0 Å². The number of aliphatic hydroxyl groups is 1. The molecule has 1 aromatic heterocycles. The second kappa shape index (κ2) is 6.02. The van der Waals surface area contributed by atoms with Crippen molar-refractivity contribution < 1.29 is 9.52 Å². The van der Waals surface area contributed by atoms with Crippen molar-refractivity contribution >= 4 is 16.7 Å². The van der Waals surface area contributed by atoms with Crippen molar-refractivity contribution in [2.45, 2.75) is 26.5 Å². The Labute approximate surface area is 124 Å². The summed E-state index contributed by atoms with van der Waals surface area (Å²) < 4.78 is 5.90. The van der Waals surface area contributed by atoms with E-state index in [0.717, 1.165) is 34.4 Å². The minimum atomic E-state index is 0.0376. The van der Waals surface area contributed by atoms with Gasteiger partial charge in [0.25, 0.3) is 0 Å². The lowest BCUT2D eigenvalue weighted by Gasteiger charge is -2.10. The van der Waals surface area contributed by atoms with E-state index >= 15 is 0 Å². The average molecular weight is 281 g/mol. The molecule has 0 atom stereocenters. The second-order valence-electron chi connectivity index (χ2n) is 5.02. The van der Waals surface area contributed by atoms with Crippen molar-refractivity contribution in [2.75, 3.05) is 5.32 Å². The number of furan rings is 1. The Morgan fingerprint density at radius 3 is 2.62 bits per heavy atom. The summed E-state index contributed by atoms with van der Waals surface area (Å²) in [6.45, 7) is 2.83. The highest BCUT2D eigenvalue weighted by molar-refractivity contribution is 5.82. The molecule has 3 nitrogen and oxygen atoms in total. The van der Waals surface area contributed by atoms with E-state index in [1.807, 2.05) is 42.5 Å². The maximum Gasteiger partial charge on any atom is 0.134 e. The lowest BCUT2D eigenvalue weighted by Crippen LogP contribution is -2.03. The zero-order valence-electron chi connectivity index (χ0n) is 12.1. The van der Waals surface area contributed by atoms with Gasteiger partial charge in [-0.3, -0.25) is 0 Å². The van der Waals surface area contributed by atoms with Crippen molar-refractivity contribution in [2.24, 2.45) is 0 Å². The first-order valence-corrected chi connectivity index (χ1v) is 7.25. The van der Waals surface area contributed by atoms with Gasteiger partial charge >= 0.3 is 0 Å². The van der Waals surface area contributed by atoms with Crippen LogP contribution in [0, 0.1) is 0 Å². The third kappa shape index (κ3) is 2.65. The first-order valence-electron chi connectivity index (χ1n) is 7.25. The molecular weight excluding hydrogens is 262 g/mol. The van der Waals surface area contributed by atoms with Crippen LogP contribution in [-0.2, 0) is 19.6 Å². The summed E-state index contributed by atoms with van der Waals surface area (Å²) >= 11 is 0. The maximum absolute atomic E-state index is 9.39. The largest absolute Gasteiger partial charge is 0.461 e. The predicted molar refractivity (Wildman–Crippen MR) is 85.3 cm³/mol. The summed E-state index contributed by atoms with van der Waals surface area (Å²) in [7, 11) is 0. The average Bonchev–Trinajstić information content (AvgIpc) is 2.91. The van der Waals surface area contributed by atoms with Crippen LogP contribution in [0.5, 0.6) is 0 Å². The van der Waals surface area contributed by atoms with Crippen LogP contribution in [0.3, 0.4) is 0 Å². The molecule has 0 unspecified atom stereocenters. The minimum Gasteiger partial charge on any atom is -0.461 e. The maximum atomic E-state index is 9.39. The lowest BCUT2D eigenvalue weighted by atomic mass is 10.1. The summed E-state index contributed by atoms with van der Waals surface area (Å²) in [5.41, 5.74) is 4.00. The van der Waals surface area contributed by atoms with E-state index in [1.54, 1.807) is 0 Å². The van der Waals surface area contributed by atoms with E-state index in [4.69, 9.17) is 4.42 Å². The topological polar surface area (TPSA) is 45.4 Å². The van der Waals surface area contributed by atoms with Crippen LogP contribution in [0.25, 0.3) is 11.0 Å². The van der Waals surface area contributed by atoms with Gasteiger partial charge in [0, 0.05) is 35.2 Å². The summed E-state index contributed by atoms with van der Waals surface area (Å²) in [5, 5.41) is 14.0. The number of anilines is 1. The third-order valence-electron chi connectivity index (χ3n) is 3.75. The van der Waals surface area contributed by atoms with E-state index in [2.05, 4.69) is 18.3 Å². The number of para-hydroxylation sites is 2. The molecule has 108 valence electrons. The smallest absolute Gasteiger partial charge is 0.134 e. The predicted octanol–water partition coefficient (Wildman–Crippen LogP) is 4.10. The molecule has 0 saturated heterocycles. The number of nitrogens with one attached hydrogen (secondary N) is 1. The van der Waals surface area contributed by atoms with Crippen LogP contribution in [0.2, 0.25) is 0 Å². The number of rotatable bonds is 5. The summed E-state index contributed by atoms with van der Waals surface area (Å²) in [5.74, 6) is 1.02. The first-order chi connectivity index (χ1) is 10.3. The van der Waals surface area contributed by atoms with Gasteiger partial charge in [0.2, 0.25) is 0 Å². The van der Waals surface area contributed by atoms with Gasteiger partial charge in [-0.1, -0.05) is 43.3 Å². The number of fused-ring (bicyclic) bond motifs is 1. The van der Waals surface area contributed by atoms with Crippen LogP contribution < -0.4 is 5.32 Å². The quantitative estimate of drug-likeness (QED) is 0.740. The van der Waals surface area contributed by atoms with Gasteiger partial charge < -0.3 is 14.8 Å². The standard InChI is InChI=1S/C18H19NO2/c1-2-17-15(14-8-4-6-10-18(14)21-17)11-19-16-9-5-3-7-13(16)12-20/h3-10,19-20H,2,11-12H2,1H3. The Hall–Kier alpha value is -2.26. The number of hydrogen-bond donors (Lipinski definition) is 2. The molecule has 0 fully saturated rings. The number of hydrogen-bond acceptors (Lipinski definition) is 3. The molecule has 0 bridgehead atoms. The monoisotopic (exact) mass is 281 g/mol. The van der Waals surface area contributed by atoms with E-state index in [-0.39, 0.29) is 6.61 Å². The molecule has 0 spiro atoms. The molecule has 0 radical (unpaired) electrons. The molecule has 3 rings (SSSR count). The van der Waals surface area contributed by atoms with Crippen LogP contribution in [0.15, 0.2) is 52.9 Å². The molecular formula is C18H19NO2. The van der Waals surface area contributed by atoms with Crippen LogP contribution in [0.1, 0.15) is 23.8 Å². The van der Waals surface area contributed by atoms with E-state index in [0.29, 0.717) is 6.54 Å². The number of benzene rings is 2. The Morgan fingerprint density at radius 2 is 1.81 bits per heavy atom. The second-order valence-corrected chi connectivity index (χ2v) is 5.02. The van der Waals surface area contributed by atoms with Crippen molar-refractivity contribution in [1.29, 1.82) is 0 Å². The van der Waals surface area contributed by atoms with Gasteiger partial charge in [-0.05, 0) is 12.1 Å². The molecule has 3 heteroatoms. The van der Waals surface area contributed by atoms with E-state index < -0.39 is 0 Å². The Balaban J connectivity index is 1.91. The highest BCUT2D eigenvalue weighted by atomic mass is 16.3. The molecule has 3 aromatic rings. The van der Waals surface area contributed by atoms with Gasteiger partial charge in [-0.15, -0.1) is 0 Å². The highest BCUT2D eigenvalue weighted by Crippen LogP contribution is 2.27. The number of aryl methyl sites for hydroxylation is 1. The minimum absolute atomic E-state index is 0.0376. The molecule has 21 heavy (non-hydrogen) atoms. The van der Waals surface area contributed by atoms with Crippen molar-refractivity contribution in [3.8, 4) is 0 Å². The molecule has 0 aliphatic heterocycles. The van der Waals surface area contributed by atoms with Gasteiger partial charge in [-0.25, -0.2) is 0 Å². The normalized spacial score (nSPS) is 11.0. The van der Waals surface area contributed by atoms with Gasteiger partial charge in [0.05, 0.1) is 6.61 Å². The van der Waals surface area contributed by atoms with Gasteiger partial charge in [0.15, 0.2) is 0 Å². The Kier molecular flexibility index (Phi) is 3.93. The van der Waals surface area contributed by atoms with Crippen molar-refractivity contribution in [1.82, 2.24) is 0 Å². The summed E-state index contributed by atoms with van der Waals surface area (Å²) in [6.07, 6.45) is 0.868. The fourth-order valence-electron chi connectivity index (χ4n) is 2.64. The van der Waals surface area contributed by atoms with E-state index in [9.17, 15) is 5.11 Å². The lowest BCUT2D eigenvalue weighted by molar-refractivity contribution is 0.282. The Bertz CT molecular complexity index is 746. The molecule has 2 N–H and O–H groups in total. The zero-order valence-corrected chi connectivity index (χ0v) is 12.1. The summed E-state index contributed by atoms with van der Waals surface area (Å²) in [6, 6.07) is 15.9. The molecule has 0 amide bonds. The molecule has 0 saturated carbocycles. The highest BCUT2D eigenvalue weighted by Gasteiger charge is 2.12. The van der Waals surface area contributed by atoms with Gasteiger partial charge in [-0.2, -0.15) is 0 Å². The van der Waals surface area contributed by atoms with Crippen molar-refractivity contribution in [3.63, 3.8) is 0 Å². The first kappa shape index (κ1) is 13.7. The zero-order chi connectivity index (χ0) is 14.7. The van der Waals surface area contributed by atoms with Crippen LogP contribution in [-0.4, -0.2) is 5.11 Å². The van der Waals surface area contributed by atoms with Gasteiger partial charge in [0.1, 0.15) is 11.3 Å². The van der Waals surface area contributed by atoms with Crippen LogP contribution in [0.4, 0.5) is 5.69 Å². The molecule has 2 aromatic carbocycles. The molecule has 0 aliphatic carbocycles. The van der Waals surface area contributed by atoms with Crippen molar-refractivity contribution in [3.05, 3.63) is 65.4 Å². The fourth-order valence-corrected chi connectivity index (χ4v) is 2.64. The number of aliphatic hydroxyl groups excluding tert-OH is 1. The molecule has 0 aliphatic rings. The SMILES string of the molecule is CCc1oc2ccccc2c1CNc1ccccc1CO.